The van der Waals surface area contributed by atoms with Crippen LogP contribution < -0.4 is 10.2 Å². The van der Waals surface area contributed by atoms with Gasteiger partial charge in [-0.05, 0) is 61.2 Å². The number of aromatic nitrogens is 3. The second-order valence-electron chi connectivity index (χ2n) is 7.42. The molecule has 3 aromatic rings. The Morgan fingerprint density at radius 1 is 1.25 bits per heavy atom. The van der Waals surface area contributed by atoms with Gasteiger partial charge < -0.3 is 10.2 Å². The van der Waals surface area contributed by atoms with Crippen LogP contribution in [0.4, 0.5) is 5.82 Å². The minimum absolute atomic E-state index is 0.132. The van der Waals surface area contributed by atoms with Gasteiger partial charge in [0.15, 0.2) is 0 Å². The lowest BCUT2D eigenvalue weighted by molar-refractivity contribution is -0.121. The molecule has 0 aliphatic carbocycles. The normalized spacial score (nSPS) is 15.1. The van der Waals surface area contributed by atoms with Gasteiger partial charge in [0.2, 0.25) is 5.91 Å². The quantitative estimate of drug-likeness (QED) is 0.717. The van der Waals surface area contributed by atoms with Crippen molar-refractivity contribution >= 4 is 33.3 Å². The Labute approximate surface area is 169 Å². The van der Waals surface area contributed by atoms with Gasteiger partial charge in [-0.2, -0.15) is 0 Å². The Balaban J connectivity index is 1.30. The predicted molar refractivity (Wildman–Crippen MR) is 113 cm³/mol. The molecule has 0 unspecified atom stereocenters. The average Bonchev–Trinajstić information content (AvgIpc) is 3.09. The maximum absolute atomic E-state index is 12.4. The summed E-state index contributed by atoms with van der Waals surface area (Å²) in [7, 11) is 0. The Kier molecular flexibility index (Phi) is 5.52. The summed E-state index contributed by atoms with van der Waals surface area (Å²) in [5.74, 6) is 1.16. The van der Waals surface area contributed by atoms with E-state index in [0.29, 0.717) is 6.42 Å². The monoisotopic (exact) mass is 395 g/mol. The molecule has 1 fully saturated rings. The zero-order valence-corrected chi connectivity index (χ0v) is 17.1. The molecule has 4 heterocycles. The highest BCUT2D eigenvalue weighted by atomic mass is 32.1. The Morgan fingerprint density at radius 3 is 2.86 bits per heavy atom. The van der Waals surface area contributed by atoms with Gasteiger partial charge in [-0.25, -0.2) is 9.97 Å². The van der Waals surface area contributed by atoms with Gasteiger partial charge in [0.25, 0.3) is 0 Å². The minimum Gasteiger partial charge on any atom is -0.355 e. The summed E-state index contributed by atoms with van der Waals surface area (Å²) in [5, 5.41) is 5.35. The summed E-state index contributed by atoms with van der Waals surface area (Å²) < 4.78 is 1.16. The fourth-order valence-electron chi connectivity index (χ4n) is 3.75. The van der Waals surface area contributed by atoms with Gasteiger partial charge in [0.05, 0.1) is 10.2 Å². The van der Waals surface area contributed by atoms with E-state index in [1.54, 1.807) is 23.9 Å². The number of aryl methyl sites for hydroxylation is 3. The number of fused-ring (bicyclic) bond motifs is 1. The van der Waals surface area contributed by atoms with Crippen molar-refractivity contribution in [2.75, 3.05) is 18.0 Å². The van der Waals surface area contributed by atoms with Crippen molar-refractivity contribution in [3.8, 4) is 0 Å². The molecule has 0 bridgehead atoms. The molecular formula is C21H25N5OS. The Hall–Kier alpha value is -2.54. The third-order valence-electron chi connectivity index (χ3n) is 5.43. The van der Waals surface area contributed by atoms with Crippen molar-refractivity contribution in [2.24, 2.45) is 0 Å². The zero-order chi connectivity index (χ0) is 19.5. The summed E-state index contributed by atoms with van der Waals surface area (Å²) >= 11 is 1.71. The first kappa shape index (κ1) is 18.8. The molecule has 0 saturated carbocycles. The number of hydrogen-bond donors (Lipinski definition) is 1. The van der Waals surface area contributed by atoms with Crippen molar-refractivity contribution in [3.63, 3.8) is 0 Å². The van der Waals surface area contributed by atoms with E-state index in [1.807, 2.05) is 19.2 Å². The molecule has 4 rings (SSSR count). The number of thiophene rings is 1. The van der Waals surface area contributed by atoms with Crippen LogP contribution in [0.15, 0.2) is 30.2 Å². The van der Waals surface area contributed by atoms with Crippen molar-refractivity contribution < 1.29 is 4.79 Å². The largest absolute Gasteiger partial charge is 0.355 e. The van der Waals surface area contributed by atoms with E-state index in [9.17, 15) is 4.79 Å². The number of anilines is 1. The molecule has 1 saturated heterocycles. The lowest BCUT2D eigenvalue weighted by Gasteiger charge is -2.33. The molecule has 146 valence electrons. The van der Waals surface area contributed by atoms with Gasteiger partial charge in [-0.1, -0.05) is 0 Å². The van der Waals surface area contributed by atoms with E-state index in [0.717, 1.165) is 53.9 Å². The lowest BCUT2D eigenvalue weighted by atomic mass is 10.0. The van der Waals surface area contributed by atoms with Gasteiger partial charge >= 0.3 is 0 Å². The highest BCUT2D eigenvalue weighted by molar-refractivity contribution is 7.18. The van der Waals surface area contributed by atoms with E-state index in [2.05, 4.69) is 37.5 Å². The number of piperidine rings is 1. The number of rotatable bonds is 5. The highest BCUT2D eigenvalue weighted by Crippen LogP contribution is 2.32. The summed E-state index contributed by atoms with van der Waals surface area (Å²) in [6.45, 7) is 5.93. The predicted octanol–water partition coefficient (Wildman–Crippen LogP) is 3.42. The SMILES string of the molecule is Cc1cnccc1CCC(=O)NC1CCN(c2ncnc3c(C)csc23)CC1. The number of nitrogens with zero attached hydrogens (tertiary/aromatic N) is 4. The lowest BCUT2D eigenvalue weighted by Crippen LogP contribution is -2.45. The molecule has 0 aromatic carbocycles. The second kappa shape index (κ2) is 8.22. The second-order valence-corrected chi connectivity index (χ2v) is 8.30. The molecule has 1 N–H and O–H groups in total. The average molecular weight is 396 g/mol. The molecule has 3 aromatic heterocycles. The number of pyridine rings is 1. The van der Waals surface area contributed by atoms with Crippen molar-refractivity contribution in [1.29, 1.82) is 0 Å². The molecule has 6 nitrogen and oxygen atoms in total. The van der Waals surface area contributed by atoms with Gasteiger partial charge in [-0.15, -0.1) is 11.3 Å². The number of hydrogen-bond acceptors (Lipinski definition) is 6. The van der Waals surface area contributed by atoms with E-state index in [-0.39, 0.29) is 11.9 Å². The smallest absolute Gasteiger partial charge is 0.220 e. The summed E-state index contributed by atoms with van der Waals surface area (Å²) in [6.07, 6.45) is 8.46. The van der Waals surface area contributed by atoms with Gasteiger partial charge in [-0.3, -0.25) is 9.78 Å². The number of carbonyl (C=O) groups excluding carboxylic acids is 1. The maximum atomic E-state index is 12.4. The van der Waals surface area contributed by atoms with Crippen LogP contribution in [0.5, 0.6) is 0 Å². The molecular weight excluding hydrogens is 370 g/mol. The first-order valence-corrected chi connectivity index (χ1v) is 10.6. The van der Waals surface area contributed by atoms with Crippen LogP contribution in [-0.2, 0) is 11.2 Å². The summed E-state index contributed by atoms with van der Waals surface area (Å²) in [5.41, 5.74) is 4.59. The standard InChI is InChI=1S/C21H25N5OS/c1-14-11-22-8-5-16(14)3-4-18(27)25-17-6-9-26(10-7-17)21-20-19(23-13-24-21)15(2)12-28-20/h5,8,11-13,17H,3-4,6-7,9-10H2,1-2H3,(H,25,27). The van der Waals surface area contributed by atoms with Crippen molar-refractivity contribution in [2.45, 2.75) is 45.6 Å². The fourth-order valence-corrected chi connectivity index (χ4v) is 4.77. The first-order valence-electron chi connectivity index (χ1n) is 9.74. The number of amides is 1. The number of nitrogens with one attached hydrogen (secondary N) is 1. The van der Waals surface area contributed by atoms with Crippen LogP contribution in [0.25, 0.3) is 10.2 Å². The van der Waals surface area contributed by atoms with Crippen LogP contribution in [0, 0.1) is 13.8 Å². The molecule has 1 aliphatic heterocycles. The Bertz CT molecular complexity index is 978. The van der Waals surface area contributed by atoms with Gasteiger partial charge in [0, 0.05) is 37.9 Å². The minimum atomic E-state index is 0.132. The molecule has 1 amide bonds. The van der Waals surface area contributed by atoms with Crippen LogP contribution in [0.3, 0.4) is 0 Å². The van der Waals surface area contributed by atoms with Crippen LogP contribution in [0.2, 0.25) is 0 Å². The van der Waals surface area contributed by atoms with E-state index < -0.39 is 0 Å². The van der Waals surface area contributed by atoms with E-state index in [1.165, 1.54) is 11.1 Å². The Morgan fingerprint density at radius 2 is 2.07 bits per heavy atom. The molecule has 1 aliphatic rings. The molecule has 28 heavy (non-hydrogen) atoms. The zero-order valence-electron chi connectivity index (χ0n) is 16.3. The molecule has 0 atom stereocenters. The third kappa shape index (κ3) is 3.99. The molecule has 0 radical (unpaired) electrons. The molecule has 7 heteroatoms. The summed E-state index contributed by atoms with van der Waals surface area (Å²) in [4.78, 5) is 27.7. The van der Waals surface area contributed by atoms with E-state index >= 15 is 0 Å². The third-order valence-corrected chi connectivity index (χ3v) is 6.51. The highest BCUT2D eigenvalue weighted by Gasteiger charge is 2.23. The van der Waals surface area contributed by atoms with Gasteiger partial charge in [0.1, 0.15) is 12.1 Å². The van der Waals surface area contributed by atoms with Crippen LogP contribution >= 0.6 is 11.3 Å². The topological polar surface area (TPSA) is 71.0 Å². The van der Waals surface area contributed by atoms with Crippen LogP contribution in [-0.4, -0.2) is 40.0 Å². The van der Waals surface area contributed by atoms with E-state index in [4.69, 9.17) is 0 Å². The first-order chi connectivity index (χ1) is 13.6. The number of carbonyl (C=O) groups is 1. The van der Waals surface area contributed by atoms with Crippen molar-refractivity contribution in [1.82, 2.24) is 20.3 Å². The van der Waals surface area contributed by atoms with Crippen molar-refractivity contribution in [3.05, 3.63) is 46.9 Å². The summed E-state index contributed by atoms with van der Waals surface area (Å²) in [6, 6.07) is 2.24. The van der Waals surface area contributed by atoms with Crippen LogP contribution in [0.1, 0.15) is 36.0 Å². The fraction of sp³-hybridized carbons (Fsp3) is 0.429. The molecule has 0 spiro atoms. The maximum Gasteiger partial charge on any atom is 0.220 e.